The minimum absolute atomic E-state index is 0.0796. The Kier molecular flexibility index (Phi) is 6.08. The molecule has 1 aromatic rings. The Morgan fingerprint density at radius 3 is 2.53 bits per heavy atom. The van der Waals surface area contributed by atoms with Gasteiger partial charge >= 0.3 is 0 Å². The summed E-state index contributed by atoms with van der Waals surface area (Å²) in [7, 11) is 3.71. The van der Waals surface area contributed by atoms with Crippen LogP contribution in [-0.4, -0.2) is 44.2 Å². The van der Waals surface area contributed by atoms with Crippen LogP contribution >= 0.6 is 11.8 Å². The second kappa shape index (κ2) is 7.35. The van der Waals surface area contributed by atoms with Crippen molar-refractivity contribution in [1.82, 2.24) is 10.2 Å². The fraction of sp³-hybridized carbons (Fsp3) is 0.462. The zero-order valence-corrected chi connectivity index (χ0v) is 11.5. The lowest BCUT2D eigenvalue weighted by Gasteiger charge is -2.17. The highest BCUT2D eigenvalue weighted by Gasteiger charge is 2.10. The van der Waals surface area contributed by atoms with E-state index in [1.807, 2.05) is 38.4 Å². The van der Waals surface area contributed by atoms with Gasteiger partial charge in [-0.1, -0.05) is 12.1 Å². The molecule has 0 atom stereocenters. The van der Waals surface area contributed by atoms with Gasteiger partial charge < -0.3 is 10.2 Å². The van der Waals surface area contributed by atoms with Gasteiger partial charge in [0.05, 0.1) is 0 Å². The molecule has 0 aliphatic rings. The molecule has 1 N–H and O–H groups in total. The number of hydrogen-bond donors (Lipinski definition) is 1. The van der Waals surface area contributed by atoms with Crippen molar-refractivity contribution < 1.29 is 4.79 Å². The van der Waals surface area contributed by atoms with Gasteiger partial charge in [-0.05, 0) is 31.0 Å². The van der Waals surface area contributed by atoms with Crippen molar-refractivity contribution in [1.29, 1.82) is 0 Å². The highest BCUT2D eigenvalue weighted by atomic mass is 32.2. The Hall–Kier alpha value is -1.00. The van der Waals surface area contributed by atoms with E-state index < -0.39 is 0 Å². The Balaban J connectivity index is 2.62. The molecule has 3 nitrogen and oxygen atoms in total. The number of thioether (sulfide) groups is 1. The van der Waals surface area contributed by atoms with Crippen molar-refractivity contribution in [3.8, 4) is 0 Å². The average molecular weight is 252 g/mol. The van der Waals surface area contributed by atoms with Crippen LogP contribution in [0.15, 0.2) is 24.3 Å². The summed E-state index contributed by atoms with van der Waals surface area (Å²) in [5.41, 5.74) is 2.01. The Morgan fingerprint density at radius 1 is 1.35 bits per heavy atom. The van der Waals surface area contributed by atoms with Gasteiger partial charge in [0.25, 0.3) is 5.91 Å². The Bertz CT molecular complexity index is 351. The molecule has 0 saturated carbocycles. The summed E-state index contributed by atoms with van der Waals surface area (Å²) in [5.74, 6) is 1.07. The number of carbonyl (C=O) groups is 1. The van der Waals surface area contributed by atoms with E-state index in [2.05, 4.69) is 11.6 Å². The fourth-order valence-electron chi connectivity index (χ4n) is 1.51. The van der Waals surface area contributed by atoms with Gasteiger partial charge in [0, 0.05) is 31.5 Å². The molecule has 17 heavy (non-hydrogen) atoms. The third-order valence-corrected chi connectivity index (χ3v) is 3.18. The van der Waals surface area contributed by atoms with Crippen molar-refractivity contribution in [3.63, 3.8) is 0 Å². The molecule has 0 aliphatic carbocycles. The fourth-order valence-corrected chi connectivity index (χ4v) is 2.04. The Labute approximate surface area is 108 Å². The standard InChI is InChI=1S/C13H20N2OS/c1-14-8-9-15(2)13(16)12-6-4-11(5-7-12)10-17-3/h4-7,14H,8-10H2,1-3H3. The molecular formula is C13H20N2OS. The van der Waals surface area contributed by atoms with E-state index in [1.54, 1.807) is 16.7 Å². The topological polar surface area (TPSA) is 32.3 Å². The second-order valence-corrected chi connectivity index (χ2v) is 4.83. The minimum atomic E-state index is 0.0796. The summed E-state index contributed by atoms with van der Waals surface area (Å²) in [4.78, 5) is 13.7. The zero-order chi connectivity index (χ0) is 12.7. The van der Waals surface area contributed by atoms with Gasteiger partial charge in [0.2, 0.25) is 0 Å². The van der Waals surface area contributed by atoms with Gasteiger partial charge in [0.1, 0.15) is 0 Å². The van der Waals surface area contributed by atoms with Crippen LogP contribution in [0.5, 0.6) is 0 Å². The van der Waals surface area contributed by atoms with Crippen LogP contribution < -0.4 is 5.32 Å². The number of likely N-dealkylation sites (N-methyl/N-ethyl adjacent to an activating group) is 2. The molecule has 0 spiro atoms. The third-order valence-electron chi connectivity index (χ3n) is 2.56. The third kappa shape index (κ3) is 4.40. The smallest absolute Gasteiger partial charge is 0.253 e. The molecule has 4 heteroatoms. The van der Waals surface area contributed by atoms with Crippen LogP contribution in [0.3, 0.4) is 0 Å². The Morgan fingerprint density at radius 2 is 2.00 bits per heavy atom. The highest BCUT2D eigenvalue weighted by molar-refractivity contribution is 7.97. The number of amides is 1. The highest BCUT2D eigenvalue weighted by Crippen LogP contribution is 2.11. The zero-order valence-electron chi connectivity index (χ0n) is 10.7. The molecular weight excluding hydrogens is 232 g/mol. The average Bonchev–Trinajstić information content (AvgIpc) is 2.36. The summed E-state index contributed by atoms with van der Waals surface area (Å²) in [6.07, 6.45) is 2.07. The number of carbonyl (C=O) groups excluding carboxylic acids is 1. The van der Waals surface area contributed by atoms with E-state index in [1.165, 1.54) is 5.56 Å². The molecule has 0 aromatic heterocycles. The largest absolute Gasteiger partial charge is 0.340 e. The van der Waals surface area contributed by atoms with Crippen molar-refractivity contribution in [2.24, 2.45) is 0 Å². The predicted molar refractivity (Wildman–Crippen MR) is 74.5 cm³/mol. The van der Waals surface area contributed by atoms with E-state index in [0.717, 1.165) is 24.4 Å². The van der Waals surface area contributed by atoms with Gasteiger partial charge in [-0.3, -0.25) is 4.79 Å². The number of rotatable bonds is 6. The molecule has 0 unspecified atom stereocenters. The SMILES string of the molecule is CNCCN(C)C(=O)c1ccc(CSC)cc1. The molecule has 0 bridgehead atoms. The first-order valence-corrected chi connectivity index (χ1v) is 7.06. The molecule has 0 fully saturated rings. The van der Waals surface area contributed by atoms with Crippen molar-refractivity contribution in [3.05, 3.63) is 35.4 Å². The summed E-state index contributed by atoms with van der Waals surface area (Å²) in [5, 5.41) is 3.03. The van der Waals surface area contributed by atoms with E-state index in [4.69, 9.17) is 0 Å². The van der Waals surface area contributed by atoms with Gasteiger partial charge in [-0.25, -0.2) is 0 Å². The lowest BCUT2D eigenvalue weighted by Crippen LogP contribution is -2.32. The minimum Gasteiger partial charge on any atom is -0.340 e. The van der Waals surface area contributed by atoms with Crippen LogP contribution in [0.25, 0.3) is 0 Å². The van der Waals surface area contributed by atoms with Crippen molar-refractivity contribution >= 4 is 17.7 Å². The molecule has 1 rings (SSSR count). The summed E-state index contributed by atoms with van der Waals surface area (Å²) in [6, 6.07) is 7.86. The monoisotopic (exact) mass is 252 g/mol. The molecule has 94 valence electrons. The lowest BCUT2D eigenvalue weighted by atomic mass is 10.1. The molecule has 0 heterocycles. The summed E-state index contributed by atoms with van der Waals surface area (Å²) < 4.78 is 0. The first kappa shape index (κ1) is 14.1. The van der Waals surface area contributed by atoms with E-state index in [-0.39, 0.29) is 5.91 Å². The van der Waals surface area contributed by atoms with E-state index in [9.17, 15) is 4.79 Å². The molecule has 0 saturated heterocycles. The maximum Gasteiger partial charge on any atom is 0.253 e. The lowest BCUT2D eigenvalue weighted by molar-refractivity contribution is 0.0797. The van der Waals surface area contributed by atoms with Crippen LogP contribution in [0.2, 0.25) is 0 Å². The van der Waals surface area contributed by atoms with Crippen molar-refractivity contribution in [2.45, 2.75) is 5.75 Å². The van der Waals surface area contributed by atoms with Crippen molar-refractivity contribution in [2.75, 3.05) is 33.4 Å². The van der Waals surface area contributed by atoms with Crippen LogP contribution in [0, 0.1) is 0 Å². The second-order valence-electron chi connectivity index (χ2n) is 3.96. The molecule has 1 aromatic carbocycles. The van der Waals surface area contributed by atoms with Crippen LogP contribution in [-0.2, 0) is 5.75 Å². The van der Waals surface area contributed by atoms with Gasteiger partial charge in [-0.15, -0.1) is 0 Å². The summed E-state index contributed by atoms with van der Waals surface area (Å²) >= 11 is 1.78. The number of nitrogens with zero attached hydrogens (tertiary/aromatic N) is 1. The molecule has 1 amide bonds. The van der Waals surface area contributed by atoms with Gasteiger partial charge in [0.15, 0.2) is 0 Å². The van der Waals surface area contributed by atoms with Gasteiger partial charge in [-0.2, -0.15) is 11.8 Å². The number of hydrogen-bond acceptors (Lipinski definition) is 3. The van der Waals surface area contributed by atoms with Crippen LogP contribution in [0.1, 0.15) is 15.9 Å². The normalized spacial score (nSPS) is 10.3. The summed E-state index contributed by atoms with van der Waals surface area (Å²) in [6.45, 7) is 1.54. The molecule has 0 aliphatic heterocycles. The number of benzene rings is 1. The maximum absolute atomic E-state index is 12.0. The van der Waals surface area contributed by atoms with E-state index >= 15 is 0 Å². The quantitative estimate of drug-likeness (QED) is 0.838. The maximum atomic E-state index is 12.0. The first-order valence-electron chi connectivity index (χ1n) is 5.67. The van der Waals surface area contributed by atoms with E-state index in [0.29, 0.717) is 0 Å². The first-order chi connectivity index (χ1) is 8.19. The van der Waals surface area contributed by atoms with Crippen LogP contribution in [0.4, 0.5) is 0 Å². The number of nitrogens with one attached hydrogen (secondary N) is 1. The predicted octanol–water partition coefficient (Wildman–Crippen LogP) is 1.84. The molecule has 0 radical (unpaired) electrons.